The lowest BCUT2D eigenvalue weighted by molar-refractivity contribution is -0.142. The Morgan fingerprint density at radius 3 is 2.79 bits per heavy atom. The van der Waals surface area contributed by atoms with Crippen LogP contribution in [0, 0.1) is 0 Å². The lowest BCUT2D eigenvalue weighted by Crippen LogP contribution is -2.42. The molecule has 0 saturated heterocycles. The maximum atomic E-state index is 10.7. The maximum absolute atomic E-state index is 10.7. The van der Waals surface area contributed by atoms with E-state index in [-0.39, 0.29) is 6.54 Å². The fraction of sp³-hybridized carbons (Fsp3) is 0.429. The highest BCUT2D eigenvalue weighted by Gasteiger charge is 2.18. The number of hydrogen-bond donors (Lipinski definition) is 2. The highest BCUT2D eigenvalue weighted by atomic mass is 16.4. The second kappa shape index (κ2) is 4.35. The summed E-state index contributed by atoms with van der Waals surface area (Å²) in [7, 11) is 0. The van der Waals surface area contributed by atoms with Gasteiger partial charge in [-0.3, -0.25) is 4.79 Å². The Kier molecular flexibility index (Phi) is 3.16. The van der Waals surface area contributed by atoms with Crippen LogP contribution < -0.4 is 5.32 Å². The first-order valence-electron chi connectivity index (χ1n) is 3.93. The van der Waals surface area contributed by atoms with Crippen LogP contribution in [0.2, 0.25) is 0 Å². The third-order valence-electron chi connectivity index (χ3n) is 1.52. The van der Waals surface area contributed by atoms with E-state index >= 15 is 0 Å². The van der Waals surface area contributed by atoms with Gasteiger partial charge in [-0.2, -0.15) is 0 Å². The van der Waals surface area contributed by atoms with Gasteiger partial charge in [0.2, 0.25) is 5.91 Å². The average Bonchev–Trinajstić information content (AvgIpc) is 2.54. The van der Waals surface area contributed by atoms with Gasteiger partial charge in [0.1, 0.15) is 6.04 Å². The van der Waals surface area contributed by atoms with Gasteiger partial charge in [0, 0.05) is 13.1 Å². The van der Waals surface area contributed by atoms with Crippen LogP contribution in [-0.4, -0.2) is 38.0 Å². The molecule has 0 unspecified atom stereocenters. The molecule has 1 aromatic heterocycles. The van der Waals surface area contributed by atoms with E-state index in [9.17, 15) is 9.59 Å². The fourth-order valence-corrected chi connectivity index (χ4v) is 0.948. The van der Waals surface area contributed by atoms with E-state index in [1.165, 1.54) is 24.0 Å². The smallest absolute Gasteiger partial charge is 0.328 e. The molecule has 0 aromatic carbocycles. The van der Waals surface area contributed by atoms with Gasteiger partial charge in [0.15, 0.2) is 0 Å². The van der Waals surface area contributed by atoms with Crippen molar-refractivity contribution in [2.45, 2.75) is 19.5 Å². The second-order valence-electron chi connectivity index (χ2n) is 2.72. The molecule has 7 nitrogen and oxygen atoms in total. The predicted octanol–water partition coefficient (Wildman–Crippen LogP) is -1.13. The number of amides is 1. The molecule has 0 aliphatic heterocycles. The molecule has 2 N–H and O–H groups in total. The molecular weight excluding hydrogens is 188 g/mol. The summed E-state index contributed by atoms with van der Waals surface area (Å²) in [4.78, 5) is 21.4. The number of carbonyl (C=O) groups excluding carboxylic acids is 1. The van der Waals surface area contributed by atoms with Crippen LogP contribution in [0.3, 0.4) is 0 Å². The number of nitrogens with one attached hydrogen (secondary N) is 1. The molecule has 0 spiro atoms. The van der Waals surface area contributed by atoms with Crippen LogP contribution in [0.15, 0.2) is 12.4 Å². The fourth-order valence-electron chi connectivity index (χ4n) is 0.948. The molecule has 0 fully saturated rings. The van der Waals surface area contributed by atoms with Crippen LogP contribution in [0.1, 0.15) is 6.92 Å². The summed E-state index contributed by atoms with van der Waals surface area (Å²) in [5.41, 5.74) is 0. The zero-order valence-corrected chi connectivity index (χ0v) is 7.54. The molecule has 7 heteroatoms. The number of carboxylic acids is 1. The van der Waals surface area contributed by atoms with Gasteiger partial charge < -0.3 is 10.4 Å². The van der Waals surface area contributed by atoms with Gasteiger partial charge in [-0.05, 0) is 0 Å². The number of aliphatic carboxylic acids is 1. The first kappa shape index (κ1) is 10.2. The van der Waals surface area contributed by atoms with Gasteiger partial charge in [0.25, 0.3) is 0 Å². The number of hydrogen-bond acceptors (Lipinski definition) is 4. The van der Waals surface area contributed by atoms with Crippen LogP contribution in [0.25, 0.3) is 0 Å². The Balaban J connectivity index is 2.60. The molecule has 0 saturated carbocycles. The summed E-state index contributed by atoms with van der Waals surface area (Å²) >= 11 is 0. The van der Waals surface area contributed by atoms with Crippen LogP contribution in [0.4, 0.5) is 0 Å². The molecule has 1 heterocycles. The van der Waals surface area contributed by atoms with E-state index in [1.54, 1.807) is 0 Å². The Labute approximate surface area is 79.7 Å². The summed E-state index contributed by atoms with van der Waals surface area (Å²) < 4.78 is 1.34. The summed E-state index contributed by atoms with van der Waals surface area (Å²) in [6, 6.07) is -0.978. The minimum Gasteiger partial charge on any atom is -0.480 e. The lowest BCUT2D eigenvalue weighted by atomic mass is 10.3. The molecule has 0 bridgehead atoms. The van der Waals surface area contributed by atoms with Crippen molar-refractivity contribution in [2.24, 2.45) is 0 Å². The van der Waals surface area contributed by atoms with E-state index in [0.717, 1.165) is 0 Å². The Morgan fingerprint density at radius 2 is 2.36 bits per heavy atom. The van der Waals surface area contributed by atoms with Crippen LogP contribution in [-0.2, 0) is 16.1 Å². The molecule has 1 amide bonds. The van der Waals surface area contributed by atoms with Gasteiger partial charge in [0.05, 0.1) is 12.7 Å². The third-order valence-corrected chi connectivity index (χ3v) is 1.52. The first-order valence-corrected chi connectivity index (χ1v) is 3.93. The van der Waals surface area contributed by atoms with Crippen molar-refractivity contribution in [3.05, 3.63) is 12.4 Å². The van der Waals surface area contributed by atoms with Crippen molar-refractivity contribution in [1.82, 2.24) is 20.3 Å². The Morgan fingerprint density at radius 1 is 1.64 bits per heavy atom. The number of carboxylic acid groups (broad SMARTS) is 1. The molecule has 0 aliphatic carbocycles. The van der Waals surface area contributed by atoms with Crippen molar-refractivity contribution in [3.63, 3.8) is 0 Å². The van der Waals surface area contributed by atoms with Crippen molar-refractivity contribution < 1.29 is 14.7 Å². The van der Waals surface area contributed by atoms with Gasteiger partial charge in [-0.25, -0.2) is 9.48 Å². The monoisotopic (exact) mass is 198 g/mol. The minimum absolute atomic E-state index is 0.0644. The largest absolute Gasteiger partial charge is 0.480 e. The van der Waals surface area contributed by atoms with Gasteiger partial charge in [-0.1, -0.05) is 5.21 Å². The average molecular weight is 198 g/mol. The quantitative estimate of drug-likeness (QED) is 0.637. The van der Waals surface area contributed by atoms with Crippen molar-refractivity contribution in [1.29, 1.82) is 0 Å². The van der Waals surface area contributed by atoms with Gasteiger partial charge >= 0.3 is 5.97 Å². The van der Waals surface area contributed by atoms with E-state index in [2.05, 4.69) is 15.6 Å². The topological polar surface area (TPSA) is 97.1 Å². The normalized spacial score (nSPS) is 12.1. The highest BCUT2D eigenvalue weighted by Crippen LogP contribution is 1.90. The standard InChI is InChI=1S/C7H10N4O3/c1-5(12)9-6(7(13)14)4-11-3-2-8-10-11/h2-3,6H,4H2,1H3,(H,9,12)(H,13,14)/t6-/m1/s1. The summed E-state index contributed by atoms with van der Waals surface area (Å²) in [5.74, 6) is -1.49. The highest BCUT2D eigenvalue weighted by molar-refractivity contribution is 5.81. The minimum atomic E-state index is -1.10. The van der Waals surface area contributed by atoms with E-state index in [0.29, 0.717) is 0 Å². The zero-order chi connectivity index (χ0) is 10.6. The molecular formula is C7H10N4O3. The number of rotatable bonds is 4. The van der Waals surface area contributed by atoms with Crippen LogP contribution in [0.5, 0.6) is 0 Å². The van der Waals surface area contributed by atoms with Crippen molar-refractivity contribution in [2.75, 3.05) is 0 Å². The number of aromatic nitrogens is 3. The molecule has 0 aliphatic rings. The first-order chi connectivity index (χ1) is 6.59. The predicted molar refractivity (Wildman–Crippen MR) is 45.3 cm³/mol. The van der Waals surface area contributed by atoms with Crippen LogP contribution >= 0.6 is 0 Å². The summed E-state index contributed by atoms with van der Waals surface area (Å²) in [6.07, 6.45) is 2.96. The Hall–Kier alpha value is -1.92. The summed E-state index contributed by atoms with van der Waals surface area (Å²) in [5, 5.41) is 18.2. The molecule has 14 heavy (non-hydrogen) atoms. The zero-order valence-electron chi connectivity index (χ0n) is 7.54. The lowest BCUT2D eigenvalue weighted by Gasteiger charge is -2.12. The molecule has 1 rings (SSSR count). The molecule has 0 radical (unpaired) electrons. The van der Waals surface area contributed by atoms with Crippen molar-refractivity contribution >= 4 is 11.9 Å². The second-order valence-corrected chi connectivity index (χ2v) is 2.72. The third kappa shape index (κ3) is 2.85. The summed E-state index contributed by atoms with van der Waals surface area (Å²) in [6.45, 7) is 1.33. The van der Waals surface area contributed by atoms with E-state index in [4.69, 9.17) is 5.11 Å². The Bertz CT molecular complexity index is 322. The number of nitrogens with zero attached hydrogens (tertiary/aromatic N) is 3. The molecule has 1 aromatic rings. The van der Waals surface area contributed by atoms with Crippen molar-refractivity contribution in [3.8, 4) is 0 Å². The SMILES string of the molecule is CC(=O)N[C@H](Cn1ccnn1)C(=O)O. The van der Waals surface area contributed by atoms with Gasteiger partial charge in [-0.15, -0.1) is 5.10 Å². The van der Waals surface area contributed by atoms with E-state index < -0.39 is 17.9 Å². The van der Waals surface area contributed by atoms with E-state index in [1.807, 2.05) is 0 Å². The number of carbonyl (C=O) groups is 2. The molecule has 1 atom stereocenters. The molecule has 76 valence electrons. The maximum Gasteiger partial charge on any atom is 0.328 e.